The zero-order valence-electron chi connectivity index (χ0n) is 11.5. The molecule has 1 aliphatic rings. The van der Waals surface area contributed by atoms with Gasteiger partial charge in [-0.3, -0.25) is 9.59 Å². The van der Waals surface area contributed by atoms with Gasteiger partial charge in [-0.05, 0) is 31.1 Å². The monoisotopic (exact) mass is 271 g/mol. The molecule has 2 atom stereocenters. The second kappa shape index (κ2) is 5.33. The largest absolute Gasteiger partial charge is 0.481 e. The van der Waals surface area contributed by atoms with E-state index >= 15 is 0 Å². The molecule has 0 aromatic heterocycles. The molecule has 4 nitrogen and oxygen atoms in total. The molecule has 0 saturated heterocycles. The van der Waals surface area contributed by atoms with Crippen molar-refractivity contribution in [3.05, 3.63) is 59.8 Å². The van der Waals surface area contributed by atoms with Crippen LogP contribution >= 0.6 is 0 Å². The molecule has 2 unspecified atom stereocenters. The SMILES string of the molecule is CC1C=C(NC(=O)c2ccccc2)C=CC1(C)C(=O)O. The van der Waals surface area contributed by atoms with Crippen molar-refractivity contribution in [1.29, 1.82) is 0 Å². The van der Waals surface area contributed by atoms with Crippen molar-refractivity contribution in [2.24, 2.45) is 11.3 Å². The van der Waals surface area contributed by atoms with Crippen molar-refractivity contribution in [3.63, 3.8) is 0 Å². The fraction of sp³-hybridized carbons (Fsp3) is 0.250. The fourth-order valence-corrected chi connectivity index (χ4v) is 2.05. The van der Waals surface area contributed by atoms with Gasteiger partial charge in [0.2, 0.25) is 0 Å². The highest BCUT2D eigenvalue weighted by Crippen LogP contribution is 2.34. The van der Waals surface area contributed by atoms with Crippen LogP contribution in [0.25, 0.3) is 0 Å². The summed E-state index contributed by atoms with van der Waals surface area (Å²) in [6, 6.07) is 8.89. The summed E-state index contributed by atoms with van der Waals surface area (Å²) in [5.41, 5.74) is 0.271. The number of allylic oxidation sites excluding steroid dienone is 2. The predicted molar refractivity (Wildman–Crippen MR) is 76.0 cm³/mol. The highest BCUT2D eigenvalue weighted by Gasteiger charge is 2.37. The molecular formula is C16H17NO3. The van der Waals surface area contributed by atoms with Gasteiger partial charge in [-0.25, -0.2) is 0 Å². The van der Waals surface area contributed by atoms with Crippen LogP contribution in [0.15, 0.2) is 54.3 Å². The molecule has 1 aromatic carbocycles. The third kappa shape index (κ3) is 2.64. The Bertz CT molecular complexity index is 589. The van der Waals surface area contributed by atoms with E-state index in [0.717, 1.165) is 0 Å². The van der Waals surface area contributed by atoms with Crippen molar-refractivity contribution in [2.45, 2.75) is 13.8 Å². The van der Waals surface area contributed by atoms with Gasteiger partial charge in [0.25, 0.3) is 5.91 Å². The standard InChI is InChI=1S/C16H17NO3/c1-11-10-13(8-9-16(11,2)15(19)20)17-14(18)12-6-4-3-5-7-12/h3-11H,1-2H3,(H,17,18)(H,19,20). The maximum absolute atomic E-state index is 12.0. The van der Waals surface area contributed by atoms with Crippen molar-refractivity contribution >= 4 is 11.9 Å². The van der Waals surface area contributed by atoms with E-state index in [-0.39, 0.29) is 11.8 Å². The molecule has 1 aliphatic carbocycles. The van der Waals surface area contributed by atoms with Crippen LogP contribution in [0.4, 0.5) is 0 Å². The number of benzene rings is 1. The molecule has 1 amide bonds. The smallest absolute Gasteiger partial charge is 0.313 e. The average molecular weight is 271 g/mol. The second-order valence-electron chi connectivity index (χ2n) is 5.15. The number of hydrogen-bond donors (Lipinski definition) is 2. The quantitative estimate of drug-likeness (QED) is 0.888. The number of carboxylic acid groups (broad SMARTS) is 1. The van der Waals surface area contributed by atoms with Gasteiger partial charge >= 0.3 is 5.97 Å². The van der Waals surface area contributed by atoms with Crippen LogP contribution < -0.4 is 5.32 Å². The number of carboxylic acids is 1. The summed E-state index contributed by atoms with van der Waals surface area (Å²) < 4.78 is 0. The molecule has 2 rings (SSSR count). The van der Waals surface area contributed by atoms with Crippen molar-refractivity contribution < 1.29 is 14.7 Å². The number of amides is 1. The third-order valence-corrected chi connectivity index (χ3v) is 3.74. The van der Waals surface area contributed by atoms with E-state index in [4.69, 9.17) is 0 Å². The van der Waals surface area contributed by atoms with E-state index in [2.05, 4.69) is 5.32 Å². The maximum atomic E-state index is 12.0. The first-order valence-corrected chi connectivity index (χ1v) is 6.44. The Morgan fingerprint density at radius 2 is 1.90 bits per heavy atom. The summed E-state index contributed by atoms with van der Waals surface area (Å²) in [6.07, 6.45) is 5.05. The van der Waals surface area contributed by atoms with Crippen LogP contribution in [0.5, 0.6) is 0 Å². The molecule has 0 heterocycles. The van der Waals surface area contributed by atoms with E-state index < -0.39 is 11.4 Å². The first kappa shape index (κ1) is 14.1. The van der Waals surface area contributed by atoms with Gasteiger partial charge in [-0.15, -0.1) is 0 Å². The van der Waals surface area contributed by atoms with Crippen molar-refractivity contribution in [3.8, 4) is 0 Å². The second-order valence-corrected chi connectivity index (χ2v) is 5.15. The first-order valence-electron chi connectivity index (χ1n) is 6.44. The minimum atomic E-state index is -0.930. The first-order chi connectivity index (χ1) is 9.43. The molecule has 0 fully saturated rings. The van der Waals surface area contributed by atoms with E-state index in [0.29, 0.717) is 11.3 Å². The average Bonchev–Trinajstić information content (AvgIpc) is 2.43. The Labute approximate surface area is 117 Å². The summed E-state index contributed by atoms with van der Waals surface area (Å²) in [7, 11) is 0. The zero-order chi connectivity index (χ0) is 14.8. The molecule has 20 heavy (non-hydrogen) atoms. The van der Waals surface area contributed by atoms with Gasteiger partial charge in [-0.1, -0.05) is 37.3 Å². The van der Waals surface area contributed by atoms with Crippen molar-refractivity contribution in [1.82, 2.24) is 5.32 Å². The number of carbonyl (C=O) groups excluding carboxylic acids is 1. The van der Waals surface area contributed by atoms with Crippen LogP contribution in [0.1, 0.15) is 24.2 Å². The summed E-state index contributed by atoms with van der Waals surface area (Å²) in [6.45, 7) is 3.50. The van der Waals surface area contributed by atoms with Gasteiger partial charge in [0.1, 0.15) is 0 Å². The molecule has 0 saturated carbocycles. The van der Waals surface area contributed by atoms with Gasteiger partial charge in [0.15, 0.2) is 0 Å². The Hall–Kier alpha value is -2.36. The molecule has 4 heteroatoms. The third-order valence-electron chi connectivity index (χ3n) is 3.74. The van der Waals surface area contributed by atoms with Gasteiger partial charge in [0, 0.05) is 11.3 Å². The van der Waals surface area contributed by atoms with Crippen LogP contribution in [0.2, 0.25) is 0 Å². The summed E-state index contributed by atoms with van der Waals surface area (Å²) in [4.78, 5) is 23.3. The lowest BCUT2D eigenvalue weighted by atomic mass is 9.75. The maximum Gasteiger partial charge on any atom is 0.313 e. The molecule has 2 N–H and O–H groups in total. The molecule has 0 aliphatic heterocycles. The highest BCUT2D eigenvalue weighted by atomic mass is 16.4. The van der Waals surface area contributed by atoms with Crippen LogP contribution in [-0.4, -0.2) is 17.0 Å². The van der Waals surface area contributed by atoms with E-state index in [9.17, 15) is 14.7 Å². The lowest BCUT2D eigenvalue weighted by Crippen LogP contribution is -2.35. The number of aliphatic carboxylic acids is 1. The molecular weight excluding hydrogens is 254 g/mol. The molecule has 0 radical (unpaired) electrons. The van der Waals surface area contributed by atoms with Crippen molar-refractivity contribution in [2.75, 3.05) is 0 Å². The minimum Gasteiger partial charge on any atom is -0.481 e. The zero-order valence-corrected chi connectivity index (χ0v) is 11.5. The van der Waals surface area contributed by atoms with Crippen LogP contribution in [0.3, 0.4) is 0 Å². The normalized spacial score (nSPS) is 24.9. The summed E-state index contributed by atoms with van der Waals surface area (Å²) in [5, 5.41) is 12.0. The lowest BCUT2D eigenvalue weighted by molar-refractivity contribution is -0.146. The minimum absolute atomic E-state index is 0.198. The molecule has 1 aromatic rings. The molecule has 104 valence electrons. The van der Waals surface area contributed by atoms with Gasteiger partial charge in [-0.2, -0.15) is 0 Å². The number of nitrogens with one attached hydrogen (secondary N) is 1. The Morgan fingerprint density at radius 1 is 1.25 bits per heavy atom. The topological polar surface area (TPSA) is 66.4 Å². The number of hydrogen-bond acceptors (Lipinski definition) is 2. The highest BCUT2D eigenvalue weighted by molar-refractivity contribution is 5.95. The van der Waals surface area contributed by atoms with Crippen LogP contribution in [0, 0.1) is 11.3 Å². The van der Waals surface area contributed by atoms with E-state index in [1.54, 1.807) is 49.4 Å². The molecule has 0 bridgehead atoms. The molecule has 0 spiro atoms. The Kier molecular flexibility index (Phi) is 3.74. The predicted octanol–water partition coefficient (Wildman–Crippen LogP) is 2.60. The lowest BCUT2D eigenvalue weighted by Gasteiger charge is -2.29. The Morgan fingerprint density at radius 3 is 2.45 bits per heavy atom. The number of carbonyl (C=O) groups is 2. The van der Waals surface area contributed by atoms with Crippen LogP contribution in [-0.2, 0) is 4.79 Å². The summed E-state index contributed by atoms with van der Waals surface area (Å²) >= 11 is 0. The van der Waals surface area contributed by atoms with E-state index in [1.165, 1.54) is 0 Å². The van der Waals surface area contributed by atoms with Gasteiger partial charge < -0.3 is 10.4 Å². The van der Waals surface area contributed by atoms with E-state index in [1.807, 2.05) is 13.0 Å². The van der Waals surface area contributed by atoms with Gasteiger partial charge in [0.05, 0.1) is 5.41 Å². The number of rotatable bonds is 3. The summed E-state index contributed by atoms with van der Waals surface area (Å²) in [5.74, 6) is -1.27. The Balaban J connectivity index is 2.12. The fourth-order valence-electron chi connectivity index (χ4n) is 2.05.